The summed E-state index contributed by atoms with van der Waals surface area (Å²) in [6.45, 7) is 4.09. The Morgan fingerprint density at radius 3 is 2.94 bits per heavy atom. The molecule has 7 heteroatoms. The van der Waals surface area contributed by atoms with Crippen molar-refractivity contribution in [3.8, 4) is 17.2 Å². The number of benzene rings is 2. The standard InChI is InChI=1S/C24H31N3O4/c1-26(24(28)25-20-9-10-22-23(14-20)31-17-30-22)15-18-6-5-12-27(16-18)13-11-19-7-3-4-8-21(19)29-2/h3-4,7-10,14,18H,5-6,11-13,15-17H2,1-2H3,(H,25,28)/t18-/m0/s1. The summed E-state index contributed by atoms with van der Waals surface area (Å²) < 4.78 is 16.2. The Hall–Kier alpha value is -2.93. The highest BCUT2D eigenvalue weighted by atomic mass is 16.7. The van der Waals surface area contributed by atoms with Gasteiger partial charge in [0.05, 0.1) is 7.11 Å². The number of carbonyl (C=O) groups is 1. The molecule has 2 aromatic rings. The molecule has 7 nitrogen and oxygen atoms in total. The van der Waals surface area contributed by atoms with Gasteiger partial charge in [0.25, 0.3) is 0 Å². The van der Waals surface area contributed by atoms with Gasteiger partial charge in [-0.2, -0.15) is 0 Å². The number of methoxy groups -OCH3 is 1. The molecule has 0 unspecified atom stereocenters. The van der Waals surface area contributed by atoms with E-state index in [1.54, 1.807) is 18.1 Å². The molecule has 31 heavy (non-hydrogen) atoms. The summed E-state index contributed by atoms with van der Waals surface area (Å²) in [5, 5.41) is 2.96. The van der Waals surface area contributed by atoms with Crippen LogP contribution in [0, 0.1) is 5.92 Å². The number of rotatable bonds is 7. The fraction of sp³-hybridized carbons (Fsp3) is 0.458. The highest BCUT2D eigenvalue weighted by Gasteiger charge is 2.23. The van der Waals surface area contributed by atoms with E-state index in [1.807, 2.05) is 31.3 Å². The van der Waals surface area contributed by atoms with Gasteiger partial charge >= 0.3 is 6.03 Å². The highest BCUT2D eigenvalue weighted by molar-refractivity contribution is 5.89. The first-order valence-corrected chi connectivity index (χ1v) is 10.9. The van der Waals surface area contributed by atoms with E-state index in [9.17, 15) is 4.79 Å². The Labute approximate surface area is 183 Å². The normalized spacial score (nSPS) is 17.9. The van der Waals surface area contributed by atoms with E-state index in [0.29, 0.717) is 23.1 Å². The molecule has 1 fully saturated rings. The zero-order valence-corrected chi connectivity index (χ0v) is 18.3. The third-order valence-electron chi connectivity index (χ3n) is 6.00. The number of urea groups is 1. The van der Waals surface area contributed by atoms with Gasteiger partial charge in [0.1, 0.15) is 5.75 Å². The first-order valence-electron chi connectivity index (χ1n) is 10.9. The quantitative estimate of drug-likeness (QED) is 0.730. The number of likely N-dealkylation sites (tertiary alicyclic amines) is 1. The van der Waals surface area contributed by atoms with E-state index in [2.05, 4.69) is 22.3 Å². The van der Waals surface area contributed by atoms with E-state index >= 15 is 0 Å². The van der Waals surface area contributed by atoms with Gasteiger partial charge in [0.2, 0.25) is 6.79 Å². The monoisotopic (exact) mass is 425 g/mol. The molecule has 0 aromatic heterocycles. The van der Waals surface area contributed by atoms with Crippen LogP contribution in [0.5, 0.6) is 17.2 Å². The maximum absolute atomic E-state index is 12.7. The van der Waals surface area contributed by atoms with Crippen molar-refractivity contribution in [3.63, 3.8) is 0 Å². The zero-order chi connectivity index (χ0) is 21.6. The average Bonchev–Trinajstić information content (AvgIpc) is 3.26. The van der Waals surface area contributed by atoms with Gasteiger partial charge in [-0.15, -0.1) is 0 Å². The van der Waals surface area contributed by atoms with Gasteiger partial charge in [-0.3, -0.25) is 0 Å². The predicted octanol–water partition coefficient (Wildman–Crippen LogP) is 3.84. The maximum Gasteiger partial charge on any atom is 0.321 e. The van der Waals surface area contributed by atoms with Gasteiger partial charge in [0.15, 0.2) is 11.5 Å². The van der Waals surface area contributed by atoms with Crippen LogP contribution >= 0.6 is 0 Å². The van der Waals surface area contributed by atoms with Crippen LogP contribution in [-0.2, 0) is 6.42 Å². The molecule has 2 aliphatic heterocycles. The Bertz CT molecular complexity index is 904. The van der Waals surface area contributed by atoms with Crippen LogP contribution in [0.3, 0.4) is 0 Å². The number of carbonyl (C=O) groups excluding carboxylic acids is 1. The Kier molecular flexibility index (Phi) is 6.82. The van der Waals surface area contributed by atoms with Gasteiger partial charge in [-0.25, -0.2) is 4.79 Å². The molecular formula is C24H31N3O4. The largest absolute Gasteiger partial charge is 0.496 e. The molecular weight excluding hydrogens is 394 g/mol. The number of para-hydroxylation sites is 1. The molecule has 0 spiro atoms. The minimum absolute atomic E-state index is 0.106. The van der Waals surface area contributed by atoms with Gasteiger partial charge in [-0.05, 0) is 55.5 Å². The van der Waals surface area contributed by atoms with Crippen molar-refractivity contribution in [2.45, 2.75) is 19.3 Å². The molecule has 0 bridgehead atoms. The molecule has 0 saturated carbocycles. The van der Waals surface area contributed by atoms with Crippen molar-refractivity contribution < 1.29 is 19.0 Å². The van der Waals surface area contributed by atoms with E-state index in [-0.39, 0.29) is 12.8 Å². The summed E-state index contributed by atoms with van der Waals surface area (Å²) >= 11 is 0. The fourth-order valence-corrected chi connectivity index (χ4v) is 4.35. The lowest BCUT2D eigenvalue weighted by atomic mass is 9.97. The number of amides is 2. The summed E-state index contributed by atoms with van der Waals surface area (Å²) in [5.41, 5.74) is 1.95. The van der Waals surface area contributed by atoms with Crippen molar-refractivity contribution in [1.29, 1.82) is 0 Å². The number of hydrogen-bond acceptors (Lipinski definition) is 5. The number of anilines is 1. The molecule has 166 valence electrons. The van der Waals surface area contributed by atoms with Crippen LogP contribution in [0.25, 0.3) is 0 Å². The number of nitrogens with one attached hydrogen (secondary N) is 1. The van der Waals surface area contributed by atoms with E-state index in [1.165, 1.54) is 5.56 Å². The third-order valence-corrected chi connectivity index (χ3v) is 6.00. The molecule has 1 atom stereocenters. The van der Waals surface area contributed by atoms with E-state index in [4.69, 9.17) is 14.2 Å². The van der Waals surface area contributed by atoms with Crippen molar-refractivity contribution in [2.24, 2.45) is 5.92 Å². The number of piperidine rings is 1. The lowest BCUT2D eigenvalue weighted by Crippen LogP contribution is -2.43. The van der Waals surface area contributed by atoms with E-state index in [0.717, 1.165) is 51.2 Å². The molecule has 1 saturated heterocycles. The first-order chi connectivity index (χ1) is 15.1. The molecule has 0 radical (unpaired) electrons. The van der Waals surface area contributed by atoms with E-state index < -0.39 is 0 Å². The lowest BCUT2D eigenvalue weighted by Gasteiger charge is -2.34. The Balaban J connectivity index is 1.26. The third kappa shape index (κ3) is 5.41. The van der Waals surface area contributed by atoms with Crippen molar-refractivity contribution in [1.82, 2.24) is 9.80 Å². The number of hydrogen-bond donors (Lipinski definition) is 1. The van der Waals surface area contributed by atoms with Gasteiger partial charge < -0.3 is 29.3 Å². The minimum Gasteiger partial charge on any atom is -0.496 e. The number of ether oxygens (including phenoxy) is 3. The second-order valence-corrected chi connectivity index (χ2v) is 8.25. The van der Waals surface area contributed by atoms with Crippen LogP contribution in [0.1, 0.15) is 18.4 Å². The second kappa shape index (κ2) is 9.92. The van der Waals surface area contributed by atoms with Gasteiger partial charge in [-0.1, -0.05) is 18.2 Å². The van der Waals surface area contributed by atoms with Crippen molar-refractivity contribution in [3.05, 3.63) is 48.0 Å². The first kappa shape index (κ1) is 21.3. The summed E-state index contributed by atoms with van der Waals surface area (Å²) in [6.07, 6.45) is 3.28. The Morgan fingerprint density at radius 1 is 1.23 bits per heavy atom. The average molecular weight is 426 g/mol. The molecule has 0 aliphatic carbocycles. The lowest BCUT2D eigenvalue weighted by molar-refractivity contribution is 0.150. The second-order valence-electron chi connectivity index (χ2n) is 8.25. The Morgan fingerprint density at radius 2 is 2.06 bits per heavy atom. The van der Waals surface area contributed by atoms with Crippen LogP contribution in [0.4, 0.5) is 10.5 Å². The molecule has 4 rings (SSSR count). The molecule has 2 aromatic carbocycles. The van der Waals surface area contributed by atoms with Crippen molar-refractivity contribution >= 4 is 11.7 Å². The predicted molar refractivity (Wildman–Crippen MR) is 120 cm³/mol. The SMILES string of the molecule is COc1ccccc1CCN1CCC[C@@H](CN(C)C(=O)Nc2ccc3c(c2)OCO3)C1. The van der Waals surface area contributed by atoms with Crippen LogP contribution in [0.2, 0.25) is 0 Å². The van der Waals surface area contributed by atoms with Gasteiger partial charge in [0, 0.05) is 38.4 Å². The highest BCUT2D eigenvalue weighted by Crippen LogP contribution is 2.34. The summed E-state index contributed by atoms with van der Waals surface area (Å²) in [5.74, 6) is 2.80. The molecule has 2 aliphatic rings. The molecule has 1 N–H and O–H groups in total. The summed E-state index contributed by atoms with van der Waals surface area (Å²) in [6, 6.07) is 13.6. The number of fused-ring (bicyclic) bond motifs is 1. The maximum atomic E-state index is 12.7. The fourth-order valence-electron chi connectivity index (χ4n) is 4.35. The molecule has 2 heterocycles. The topological polar surface area (TPSA) is 63.3 Å². The summed E-state index contributed by atoms with van der Waals surface area (Å²) in [7, 11) is 3.58. The zero-order valence-electron chi connectivity index (χ0n) is 18.3. The van der Waals surface area contributed by atoms with Crippen molar-refractivity contribution in [2.75, 3.05) is 52.4 Å². The smallest absolute Gasteiger partial charge is 0.321 e. The molecule has 2 amide bonds. The summed E-state index contributed by atoms with van der Waals surface area (Å²) in [4.78, 5) is 16.9. The number of nitrogens with zero attached hydrogens (tertiary/aromatic N) is 2. The van der Waals surface area contributed by atoms with Crippen LogP contribution in [0.15, 0.2) is 42.5 Å². The van der Waals surface area contributed by atoms with Crippen LogP contribution in [-0.4, -0.2) is 63.0 Å². The van der Waals surface area contributed by atoms with Crippen LogP contribution < -0.4 is 19.5 Å². The minimum atomic E-state index is -0.106.